The number of fused-ring (bicyclic) bond motifs is 1. The average molecular weight is 302 g/mol. The summed E-state index contributed by atoms with van der Waals surface area (Å²) >= 11 is 1.71. The van der Waals surface area contributed by atoms with E-state index in [0.717, 1.165) is 18.5 Å². The van der Waals surface area contributed by atoms with Gasteiger partial charge in [0.05, 0.1) is 5.01 Å². The quantitative estimate of drug-likeness (QED) is 0.851. The van der Waals surface area contributed by atoms with Crippen LogP contribution in [0.3, 0.4) is 0 Å². The van der Waals surface area contributed by atoms with E-state index >= 15 is 0 Å². The van der Waals surface area contributed by atoms with Gasteiger partial charge in [-0.05, 0) is 24.8 Å². The fourth-order valence-corrected chi connectivity index (χ4v) is 3.98. The normalized spacial score (nSPS) is 18.6. The van der Waals surface area contributed by atoms with Crippen molar-refractivity contribution in [1.82, 2.24) is 9.55 Å². The van der Waals surface area contributed by atoms with Crippen LogP contribution in [0.1, 0.15) is 59.9 Å². The zero-order valence-electron chi connectivity index (χ0n) is 13.1. The van der Waals surface area contributed by atoms with Gasteiger partial charge in [-0.25, -0.2) is 4.98 Å². The van der Waals surface area contributed by atoms with Crippen molar-refractivity contribution in [2.45, 2.75) is 53.0 Å². The van der Waals surface area contributed by atoms with E-state index < -0.39 is 0 Å². The Morgan fingerprint density at radius 3 is 2.86 bits per heavy atom. The third kappa shape index (κ3) is 2.69. The van der Waals surface area contributed by atoms with E-state index in [9.17, 15) is 4.79 Å². The zero-order valence-corrected chi connectivity index (χ0v) is 14.0. The maximum Gasteiger partial charge on any atom is 0.165 e. The first kappa shape index (κ1) is 14.5. The van der Waals surface area contributed by atoms with Gasteiger partial charge in [-0.3, -0.25) is 4.79 Å². The molecule has 21 heavy (non-hydrogen) atoms. The van der Waals surface area contributed by atoms with Gasteiger partial charge in [-0.2, -0.15) is 0 Å². The van der Waals surface area contributed by atoms with Gasteiger partial charge in [-0.15, -0.1) is 11.3 Å². The van der Waals surface area contributed by atoms with Crippen molar-refractivity contribution in [3.05, 3.63) is 39.6 Å². The van der Waals surface area contributed by atoms with Gasteiger partial charge in [0.25, 0.3) is 0 Å². The van der Waals surface area contributed by atoms with Crippen LogP contribution in [0, 0.1) is 12.3 Å². The van der Waals surface area contributed by atoms with Crippen molar-refractivity contribution in [2.75, 3.05) is 0 Å². The molecule has 1 aliphatic carbocycles. The minimum absolute atomic E-state index is 0.0665. The van der Waals surface area contributed by atoms with E-state index in [-0.39, 0.29) is 5.41 Å². The van der Waals surface area contributed by atoms with E-state index in [1.165, 1.54) is 16.4 Å². The SMILES string of the molecule is Cc1cc2c(n1CC(C)c1nccs1)CC(C)(C)CC2=O. The second kappa shape index (κ2) is 5.09. The summed E-state index contributed by atoms with van der Waals surface area (Å²) in [6.45, 7) is 9.58. The molecule has 3 rings (SSSR count). The largest absolute Gasteiger partial charge is 0.347 e. The number of rotatable bonds is 3. The summed E-state index contributed by atoms with van der Waals surface area (Å²) in [7, 11) is 0. The Labute approximate surface area is 130 Å². The molecule has 1 atom stereocenters. The summed E-state index contributed by atoms with van der Waals surface area (Å²) in [5, 5.41) is 3.19. The van der Waals surface area contributed by atoms with Crippen LogP contribution in [0.2, 0.25) is 0 Å². The third-order valence-corrected chi connectivity index (χ3v) is 5.34. The number of carbonyl (C=O) groups excluding carboxylic acids is 1. The highest BCUT2D eigenvalue weighted by Gasteiger charge is 2.34. The molecule has 0 saturated carbocycles. The average Bonchev–Trinajstić information content (AvgIpc) is 2.99. The highest BCUT2D eigenvalue weighted by atomic mass is 32.1. The zero-order chi connectivity index (χ0) is 15.2. The molecule has 0 amide bonds. The maximum absolute atomic E-state index is 12.4. The molecule has 0 aliphatic heterocycles. The van der Waals surface area contributed by atoms with Crippen LogP contribution in [0.5, 0.6) is 0 Å². The molecule has 0 spiro atoms. The monoisotopic (exact) mass is 302 g/mol. The van der Waals surface area contributed by atoms with Crippen molar-refractivity contribution in [3.8, 4) is 0 Å². The summed E-state index contributed by atoms with van der Waals surface area (Å²) in [4.78, 5) is 16.8. The molecular formula is C17H22N2OS. The van der Waals surface area contributed by atoms with E-state index in [0.29, 0.717) is 18.1 Å². The van der Waals surface area contributed by atoms with Crippen molar-refractivity contribution < 1.29 is 4.79 Å². The summed E-state index contributed by atoms with van der Waals surface area (Å²) in [6.07, 6.45) is 3.50. The molecule has 2 aromatic heterocycles. The minimum atomic E-state index is 0.0665. The molecule has 4 heteroatoms. The Balaban J connectivity index is 1.95. The van der Waals surface area contributed by atoms with Crippen molar-refractivity contribution in [3.63, 3.8) is 0 Å². The number of ketones is 1. The Morgan fingerprint density at radius 1 is 1.43 bits per heavy atom. The molecule has 0 aromatic carbocycles. The number of Topliss-reactive ketones (excluding diaryl/α,β-unsaturated/α-hetero) is 1. The fourth-order valence-electron chi connectivity index (χ4n) is 3.29. The van der Waals surface area contributed by atoms with E-state index in [4.69, 9.17) is 0 Å². The van der Waals surface area contributed by atoms with Crippen molar-refractivity contribution in [1.29, 1.82) is 0 Å². The topological polar surface area (TPSA) is 34.9 Å². The first-order valence-corrected chi connectivity index (χ1v) is 8.37. The van der Waals surface area contributed by atoms with Gasteiger partial charge in [-0.1, -0.05) is 20.8 Å². The van der Waals surface area contributed by atoms with Crippen LogP contribution in [0.25, 0.3) is 0 Å². The van der Waals surface area contributed by atoms with Crippen molar-refractivity contribution in [2.24, 2.45) is 5.41 Å². The van der Waals surface area contributed by atoms with Gasteiger partial charge in [0, 0.05) is 47.4 Å². The number of nitrogens with zero attached hydrogens (tertiary/aromatic N) is 2. The molecule has 0 saturated heterocycles. The third-order valence-electron chi connectivity index (χ3n) is 4.33. The molecule has 0 bridgehead atoms. The number of thiazole rings is 1. The lowest BCUT2D eigenvalue weighted by molar-refractivity contribution is 0.0910. The first-order valence-electron chi connectivity index (χ1n) is 7.49. The lowest BCUT2D eigenvalue weighted by atomic mass is 9.76. The molecule has 3 nitrogen and oxygen atoms in total. The number of aromatic nitrogens is 2. The predicted octanol–water partition coefficient (Wildman–Crippen LogP) is 4.21. The van der Waals surface area contributed by atoms with Crippen LogP contribution in [0.4, 0.5) is 0 Å². The first-order chi connectivity index (χ1) is 9.87. The van der Waals surface area contributed by atoms with Gasteiger partial charge >= 0.3 is 0 Å². The lowest BCUT2D eigenvalue weighted by Crippen LogP contribution is -2.28. The Hall–Kier alpha value is -1.42. The number of carbonyl (C=O) groups is 1. The standard InChI is InChI=1S/C17H22N2OS/c1-11(16-18-5-6-21-16)10-19-12(2)7-13-14(19)8-17(3,4)9-15(13)20/h5-7,11H,8-10H2,1-4H3. The Morgan fingerprint density at radius 2 is 2.19 bits per heavy atom. The van der Waals surface area contributed by atoms with Gasteiger partial charge in [0.15, 0.2) is 5.78 Å². The minimum Gasteiger partial charge on any atom is -0.347 e. The van der Waals surface area contributed by atoms with E-state index in [1.54, 1.807) is 11.3 Å². The molecular weight excluding hydrogens is 280 g/mol. The summed E-state index contributed by atoms with van der Waals surface area (Å²) in [6, 6.07) is 2.07. The maximum atomic E-state index is 12.4. The Bertz CT molecular complexity index is 667. The molecule has 112 valence electrons. The lowest BCUT2D eigenvalue weighted by Gasteiger charge is -2.30. The molecule has 0 radical (unpaired) electrons. The van der Waals surface area contributed by atoms with E-state index in [1.807, 2.05) is 11.6 Å². The number of hydrogen-bond donors (Lipinski definition) is 0. The summed E-state index contributed by atoms with van der Waals surface area (Å²) in [5.41, 5.74) is 3.42. The van der Waals surface area contributed by atoms with Gasteiger partial charge in [0.1, 0.15) is 0 Å². The highest BCUT2D eigenvalue weighted by Crippen LogP contribution is 2.37. The molecule has 2 aromatic rings. The second-order valence-electron chi connectivity index (χ2n) is 6.97. The second-order valence-corrected chi connectivity index (χ2v) is 7.90. The molecule has 2 heterocycles. The molecule has 0 fully saturated rings. The van der Waals surface area contributed by atoms with Gasteiger partial charge < -0.3 is 4.57 Å². The van der Waals surface area contributed by atoms with Crippen molar-refractivity contribution >= 4 is 17.1 Å². The molecule has 1 aliphatic rings. The van der Waals surface area contributed by atoms with E-state index in [2.05, 4.69) is 43.3 Å². The molecule has 1 unspecified atom stereocenters. The number of aryl methyl sites for hydroxylation is 1. The van der Waals surface area contributed by atoms with Crippen LogP contribution in [-0.4, -0.2) is 15.3 Å². The van der Waals surface area contributed by atoms with Crippen LogP contribution in [0.15, 0.2) is 17.6 Å². The van der Waals surface area contributed by atoms with Crippen LogP contribution < -0.4 is 0 Å². The predicted molar refractivity (Wildman–Crippen MR) is 86.1 cm³/mol. The fraction of sp³-hybridized carbons (Fsp3) is 0.529. The Kier molecular flexibility index (Phi) is 3.52. The summed E-state index contributed by atoms with van der Waals surface area (Å²) in [5.74, 6) is 0.672. The highest BCUT2D eigenvalue weighted by molar-refractivity contribution is 7.09. The smallest absolute Gasteiger partial charge is 0.165 e. The summed E-state index contributed by atoms with van der Waals surface area (Å²) < 4.78 is 2.33. The van der Waals surface area contributed by atoms with Crippen LogP contribution in [-0.2, 0) is 13.0 Å². The van der Waals surface area contributed by atoms with Gasteiger partial charge in [0.2, 0.25) is 0 Å². The molecule has 0 N–H and O–H groups in total. The number of hydrogen-bond acceptors (Lipinski definition) is 3. The van der Waals surface area contributed by atoms with Crippen LogP contribution >= 0.6 is 11.3 Å².